The molecule has 0 saturated carbocycles. The SMILES string of the molecule is O=C(NCCC1=CCCC1)c1ccncc1F. The molecule has 0 spiro atoms. The summed E-state index contributed by atoms with van der Waals surface area (Å²) < 4.78 is 13.2. The highest BCUT2D eigenvalue weighted by Gasteiger charge is 2.11. The lowest BCUT2D eigenvalue weighted by Gasteiger charge is -2.06. The van der Waals surface area contributed by atoms with Gasteiger partial charge in [-0.25, -0.2) is 4.39 Å². The van der Waals surface area contributed by atoms with E-state index in [1.165, 1.54) is 24.3 Å². The van der Waals surface area contributed by atoms with E-state index in [0.717, 1.165) is 25.5 Å². The van der Waals surface area contributed by atoms with Crippen LogP contribution in [0.25, 0.3) is 0 Å². The highest BCUT2D eigenvalue weighted by Crippen LogP contribution is 2.19. The number of allylic oxidation sites excluding steroid dienone is 1. The largest absolute Gasteiger partial charge is 0.352 e. The second-order valence-electron chi connectivity index (χ2n) is 4.12. The summed E-state index contributed by atoms with van der Waals surface area (Å²) in [4.78, 5) is 15.2. The molecule has 1 amide bonds. The van der Waals surface area contributed by atoms with Crippen LogP contribution in [0.15, 0.2) is 30.1 Å². The molecule has 2 rings (SSSR count). The van der Waals surface area contributed by atoms with Gasteiger partial charge in [0.1, 0.15) is 0 Å². The van der Waals surface area contributed by atoms with Gasteiger partial charge >= 0.3 is 0 Å². The molecule has 0 radical (unpaired) electrons. The topological polar surface area (TPSA) is 42.0 Å². The predicted molar refractivity (Wildman–Crippen MR) is 63.1 cm³/mol. The fraction of sp³-hybridized carbons (Fsp3) is 0.385. The lowest BCUT2D eigenvalue weighted by atomic mass is 10.1. The summed E-state index contributed by atoms with van der Waals surface area (Å²) in [6.07, 6.45) is 9.02. The molecule has 1 N–H and O–H groups in total. The summed E-state index contributed by atoms with van der Waals surface area (Å²) in [5.74, 6) is -0.950. The minimum atomic E-state index is -0.579. The molecule has 0 atom stereocenters. The first-order valence-electron chi connectivity index (χ1n) is 5.83. The van der Waals surface area contributed by atoms with Crippen LogP contribution in [-0.4, -0.2) is 17.4 Å². The summed E-state index contributed by atoms with van der Waals surface area (Å²) in [5.41, 5.74) is 1.45. The Balaban J connectivity index is 1.83. The standard InChI is InChI=1S/C13H15FN2O/c14-12-9-15-7-6-11(12)13(17)16-8-5-10-3-1-2-4-10/h3,6-7,9H,1-2,4-5,8H2,(H,16,17). The van der Waals surface area contributed by atoms with Crippen LogP contribution in [0.1, 0.15) is 36.0 Å². The van der Waals surface area contributed by atoms with Crippen molar-refractivity contribution in [3.05, 3.63) is 41.5 Å². The van der Waals surface area contributed by atoms with Crippen LogP contribution in [0.3, 0.4) is 0 Å². The van der Waals surface area contributed by atoms with Gasteiger partial charge in [0.15, 0.2) is 5.82 Å². The van der Waals surface area contributed by atoms with Gasteiger partial charge in [-0.15, -0.1) is 0 Å². The lowest BCUT2D eigenvalue weighted by Crippen LogP contribution is -2.25. The molecular weight excluding hydrogens is 219 g/mol. The molecule has 1 heterocycles. The number of nitrogens with one attached hydrogen (secondary N) is 1. The number of halogens is 1. The van der Waals surface area contributed by atoms with Gasteiger partial charge in [0.05, 0.1) is 11.8 Å². The number of carbonyl (C=O) groups is 1. The Morgan fingerprint density at radius 3 is 3.12 bits per heavy atom. The maximum atomic E-state index is 13.2. The van der Waals surface area contributed by atoms with E-state index in [2.05, 4.69) is 16.4 Å². The number of pyridine rings is 1. The van der Waals surface area contributed by atoms with Crippen molar-refractivity contribution in [1.29, 1.82) is 0 Å². The molecule has 3 nitrogen and oxygen atoms in total. The van der Waals surface area contributed by atoms with Gasteiger partial charge in [0, 0.05) is 12.7 Å². The number of rotatable bonds is 4. The first-order valence-corrected chi connectivity index (χ1v) is 5.83. The monoisotopic (exact) mass is 234 g/mol. The van der Waals surface area contributed by atoms with Gasteiger partial charge in [-0.2, -0.15) is 0 Å². The summed E-state index contributed by atoms with van der Waals surface area (Å²) in [6.45, 7) is 0.562. The molecule has 90 valence electrons. The second kappa shape index (κ2) is 5.57. The third kappa shape index (κ3) is 3.12. The van der Waals surface area contributed by atoms with Crippen LogP contribution in [0.5, 0.6) is 0 Å². The molecule has 0 saturated heterocycles. The number of carbonyl (C=O) groups excluding carboxylic acids is 1. The van der Waals surface area contributed by atoms with Gasteiger partial charge in [0.2, 0.25) is 0 Å². The molecule has 0 unspecified atom stereocenters. The van der Waals surface area contributed by atoms with Crippen LogP contribution in [0.4, 0.5) is 4.39 Å². The van der Waals surface area contributed by atoms with Crippen molar-refractivity contribution in [2.75, 3.05) is 6.54 Å². The molecule has 0 fully saturated rings. The van der Waals surface area contributed by atoms with E-state index in [1.807, 2.05) is 0 Å². The Labute approximate surface area is 99.8 Å². The number of hydrogen-bond donors (Lipinski definition) is 1. The highest BCUT2D eigenvalue weighted by atomic mass is 19.1. The van der Waals surface area contributed by atoms with Crippen molar-refractivity contribution in [1.82, 2.24) is 10.3 Å². The van der Waals surface area contributed by atoms with Crippen LogP contribution < -0.4 is 5.32 Å². The first-order chi connectivity index (χ1) is 8.27. The molecule has 0 bridgehead atoms. The zero-order chi connectivity index (χ0) is 12.1. The van der Waals surface area contributed by atoms with Crippen LogP contribution >= 0.6 is 0 Å². The number of amides is 1. The number of hydrogen-bond acceptors (Lipinski definition) is 2. The van der Waals surface area contributed by atoms with Crippen molar-refractivity contribution in [2.24, 2.45) is 0 Å². The van der Waals surface area contributed by atoms with Gasteiger partial charge in [-0.05, 0) is 31.7 Å². The van der Waals surface area contributed by atoms with Crippen LogP contribution in [0.2, 0.25) is 0 Å². The van der Waals surface area contributed by atoms with Crippen molar-refractivity contribution >= 4 is 5.91 Å². The molecule has 0 aromatic carbocycles. The maximum absolute atomic E-state index is 13.2. The third-order valence-corrected chi connectivity index (χ3v) is 2.88. The highest BCUT2D eigenvalue weighted by molar-refractivity contribution is 5.94. The Morgan fingerprint density at radius 2 is 2.41 bits per heavy atom. The molecule has 4 heteroatoms. The summed E-state index contributed by atoms with van der Waals surface area (Å²) >= 11 is 0. The molecule has 1 aromatic rings. The summed E-state index contributed by atoms with van der Waals surface area (Å²) in [5, 5.41) is 2.72. The molecular formula is C13H15FN2O. The maximum Gasteiger partial charge on any atom is 0.254 e. The average molecular weight is 234 g/mol. The van der Waals surface area contributed by atoms with Gasteiger partial charge in [-0.1, -0.05) is 11.6 Å². The first kappa shape index (κ1) is 11.8. The van der Waals surface area contributed by atoms with E-state index in [0.29, 0.717) is 6.54 Å². The molecule has 17 heavy (non-hydrogen) atoms. The fourth-order valence-corrected chi connectivity index (χ4v) is 1.96. The summed E-state index contributed by atoms with van der Waals surface area (Å²) in [6, 6.07) is 1.39. The second-order valence-corrected chi connectivity index (χ2v) is 4.12. The molecule has 1 aliphatic carbocycles. The van der Waals surface area contributed by atoms with Crippen molar-refractivity contribution < 1.29 is 9.18 Å². The molecule has 0 aliphatic heterocycles. The molecule has 1 aromatic heterocycles. The minimum Gasteiger partial charge on any atom is -0.352 e. The average Bonchev–Trinajstić information content (AvgIpc) is 2.82. The zero-order valence-corrected chi connectivity index (χ0v) is 9.58. The van der Waals surface area contributed by atoms with Crippen molar-refractivity contribution in [3.8, 4) is 0 Å². The quantitative estimate of drug-likeness (QED) is 0.813. The lowest BCUT2D eigenvalue weighted by molar-refractivity contribution is 0.0950. The Morgan fingerprint density at radius 1 is 1.53 bits per heavy atom. The Bertz CT molecular complexity index is 443. The van der Waals surface area contributed by atoms with Gasteiger partial charge < -0.3 is 5.32 Å². The number of nitrogens with zero attached hydrogens (tertiary/aromatic N) is 1. The Kier molecular flexibility index (Phi) is 3.85. The van der Waals surface area contributed by atoms with Crippen molar-refractivity contribution in [3.63, 3.8) is 0 Å². The minimum absolute atomic E-state index is 0.0559. The molecule has 1 aliphatic rings. The van der Waals surface area contributed by atoms with E-state index in [4.69, 9.17) is 0 Å². The van der Waals surface area contributed by atoms with Crippen LogP contribution in [0, 0.1) is 5.82 Å². The van der Waals surface area contributed by atoms with E-state index in [-0.39, 0.29) is 11.5 Å². The zero-order valence-electron chi connectivity index (χ0n) is 9.58. The predicted octanol–water partition coefficient (Wildman–Crippen LogP) is 2.45. The van der Waals surface area contributed by atoms with E-state index >= 15 is 0 Å². The third-order valence-electron chi connectivity index (χ3n) is 2.88. The Hall–Kier alpha value is -1.71. The number of aromatic nitrogens is 1. The van der Waals surface area contributed by atoms with Crippen molar-refractivity contribution in [2.45, 2.75) is 25.7 Å². The van der Waals surface area contributed by atoms with Gasteiger partial charge in [-0.3, -0.25) is 9.78 Å². The van der Waals surface area contributed by atoms with E-state index in [9.17, 15) is 9.18 Å². The summed E-state index contributed by atoms with van der Waals surface area (Å²) in [7, 11) is 0. The normalized spacial score (nSPS) is 14.5. The van der Waals surface area contributed by atoms with Crippen LogP contribution in [-0.2, 0) is 0 Å². The fourth-order valence-electron chi connectivity index (χ4n) is 1.96. The smallest absolute Gasteiger partial charge is 0.254 e. The van der Waals surface area contributed by atoms with E-state index < -0.39 is 5.82 Å². The van der Waals surface area contributed by atoms with E-state index in [1.54, 1.807) is 0 Å². The van der Waals surface area contributed by atoms with Gasteiger partial charge in [0.25, 0.3) is 5.91 Å².